The Kier molecular flexibility index (Phi) is 6.85. The fourth-order valence-corrected chi connectivity index (χ4v) is 3.63. The minimum absolute atomic E-state index is 0.0813. The zero-order chi connectivity index (χ0) is 19.9. The lowest BCUT2D eigenvalue weighted by Gasteiger charge is -2.17. The standard InChI is InChI=1S/C22H30N4O2/c1-17(2)22(28)23-13-7-3-4-12-20-24-18-10-5-6-11-19(18)26(20)16-21(27)25-14-8-9-15-25/h5-6,10-11H,1,3-4,7-9,12-16H2,2H3,(H,23,28). The summed E-state index contributed by atoms with van der Waals surface area (Å²) in [6, 6.07) is 8.02. The number of aryl methyl sites for hydroxylation is 1. The topological polar surface area (TPSA) is 67.2 Å². The first kappa shape index (κ1) is 20.1. The average Bonchev–Trinajstić information content (AvgIpc) is 3.33. The van der Waals surface area contributed by atoms with E-state index in [-0.39, 0.29) is 11.8 Å². The van der Waals surface area contributed by atoms with Gasteiger partial charge in [0.1, 0.15) is 12.4 Å². The molecule has 1 aliphatic rings. The number of fused-ring (bicyclic) bond motifs is 1. The summed E-state index contributed by atoms with van der Waals surface area (Å²) in [6.45, 7) is 8.12. The molecule has 2 aromatic rings. The number of carbonyl (C=O) groups is 2. The predicted molar refractivity (Wildman–Crippen MR) is 111 cm³/mol. The monoisotopic (exact) mass is 382 g/mol. The van der Waals surface area contributed by atoms with Gasteiger partial charge < -0.3 is 14.8 Å². The van der Waals surface area contributed by atoms with Crippen LogP contribution >= 0.6 is 0 Å². The Morgan fingerprint density at radius 3 is 2.64 bits per heavy atom. The largest absolute Gasteiger partial charge is 0.352 e. The molecule has 1 aromatic carbocycles. The first-order valence-corrected chi connectivity index (χ1v) is 10.2. The third-order valence-corrected chi connectivity index (χ3v) is 5.24. The first-order chi connectivity index (χ1) is 13.6. The molecule has 150 valence electrons. The zero-order valence-electron chi connectivity index (χ0n) is 16.7. The Morgan fingerprint density at radius 1 is 1.14 bits per heavy atom. The Bertz CT molecular complexity index is 849. The second-order valence-corrected chi connectivity index (χ2v) is 7.54. The number of aromatic nitrogens is 2. The van der Waals surface area contributed by atoms with Gasteiger partial charge in [0.05, 0.1) is 11.0 Å². The molecule has 2 amide bonds. The summed E-state index contributed by atoms with van der Waals surface area (Å²) in [6.07, 6.45) is 5.93. The third-order valence-electron chi connectivity index (χ3n) is 5.24. The molecule has 6 nitrogen and oxygen atoms in total. The van der Waals surface area contributed by atoms with Gasteiger partial charge in [-0.1, -0.05) is 25.1 Å². The summed E-state index contributed by atoms with van der Waals surface area (Å²) >= 11 is 0. The van der Waals surface area contributed by atoms with Crippen LogP contribution in [0.3, 0.4) is 0 Å². The van der Waals surface area contributed by atoms with Crippen molar-refractivity contribution < 1.29 is 9.59 Å². The summed E-state index contributed by atoms with van der Waals surface area (Å²) in [5.41, 5.74) is 2.51. The maximum absolute atomic E-state index is 12.7. The third kappa shape index (κ3) is 5.00. The predicted octanol–water partition coefficient (Wildman–Crippen LogP) is 3.06. The van der Waals surface area contributed by atoms with Crippen LogP contribution in [0.1, 0.15) is 44.9 Å². The molecule has 1 aliphatic heterocycles. The second kappa shape index (κ2) is 9.53. The van der Waals surface area contributed by atoms with E-state index in [1.807, 2.05) is 29.2 Å². The number of para-hydroxylation sites is 2. The molecule has 3 rings (SSSR count). The van der Waals surface area contributed by atoms with Crippen molar-refractivity contribution in [2.75, 3.05) is 19.6 Å². The van der Waals surface area contributed by atoms with Crippen LogP contribution in [0.5, 0.6) is 0 Å². The van der Waals surface area contributed by atoms with E-state index < -0.39 is 0 Å². The number of nitrogens with zero attached hydrogens (tertiary/aromatic N) is 3. The van der Waals surface area contributed by atoms with Gasteiger partial charge in [-0.2, -0.15) is 0 Å². The maximum Gasteiger partial charge on any atom is 0.246 e. The molecule has 6 heteroatoms. The van der Waals surface area contributed by atoms with Gasteiger partial charge in [0, 0.05) is 31.6 Å². The first-order valence-electron chi connectivity index (χ1n) is 10.2. The minimum atomic E-state index is -0.0813. The zero-order valence-corrected chi connectivity index (χ0v) is 16.7. The number of carbonyl (C=O) groups excluding carboxylic acids is 2. The molecule has 0 bridgehead atoms. The molecule has 0 radical (unpaired) electrons. The molecular weight excluding hydrogens is 352 g/mol. The van der Waals surface area contributed by atoms with Crippen LogP contribution in [-0.4, -0.2) is 45.9 Å². The molecule has 0 unspecified atom stereocenters. The van der Waals surface area contributed by atoms with Crippen molar-refractivity contribution in [2.24, 2.45) is 0 Å². The van der Waals surface area contributed by atoms with Gasteiger partial charge in [-0.05, 0) is 44.7 Å². The number of nitrogens with one attached hydrogen (secondary N) is 1. The lowest BCUT2D eigenvalue weighted by molar-refractivity contribution is -0.130. The highest BCUT2D eigenvalue weighted by Gasteiger charge is 2.20. The Morgan fingerprint density at radius 2 is 1.89 bits per heavy atom. The summed E-state index contributed by atoms with van der Waals surface area (Å²) in [7, 11) is 0. The van der Waals surface area contributed by atoms with Crippen LogP contribution in [0, 0.1) is 0 Å². The van der Waals surface area contributed by atoms with Gasteiger partial charge in [-0.15, -0.1) is 0 Å². The molecule has 1 saturated heterocycles. The van der Waals surface area contributed by atoms with Gasteiger partial charge in [-0.3, -0.25) is 9.59 Å². The van der Waals surface area contributed by atoms with Gasteiger partial charge in [0.2, 0.25) is 11.8 Å². The van der Waals surface area contributed by atoms with E-state index in [0.717, 1.165) is 68.5 Å². The number of hydrogen-bond acceptors (Lipinski definition) is 3. The van der Waals surface area contributed by atoms with Crippen molar-refractivity contribution in [3.63, 3.8) is 0 Å². The maximum atomic E-state index is 12.7. The van der Waals surface area contributed by atoms with Crippen LogP contribution in [0.2, 0.25) is 0 Å². The lowest BCUT2D eigenvalue weighted by atomic mass is 10.2. The van der Waals surface area contributed by atoms with Crippen LogP contribution in [0.15, 0.2) is 36.4 Å². The highest BCUT2D eigenvalue weighted by atomic mass is 16.2. The molecule has 2 heterocycles. The van der Waals surface area contributed by atoms with Crippen molar-refractivity contribution in [1.82, 2.24) is 19.8 Å². The Hall–Kier alpha value is -2.63. The van der Waals surface area contributed by atoms with Crippen LogP contribution in [0.4, 0.5) is 0 Å². The SMILES string of the molecule is C=C(C)C(=O)NCCCCCc1nc2ccccc2n1CC(=O)N1CCCC1. The van der Waals surface area contributed by atoms with Gasteiger partial charge in [0.25, 0.3) is 0 Å². The van der Waals surface area contributed by atoms with Crippen molar-refractivity contribution in [3.8, 4) is 0 Å². The number of unbranched alkanes of at least 4 members (excludes halogenated alkanes) is 2. The van der Waals surface area contributed by atoms with Crippen molar-refractivity contribution in [1.29, 1.82) is 0 Å². The normalized spacial score (nSPS) is 13.8. The second-order valence-electron chi connectivity index (χ2n) is 7.54. The van der Waals surface area contributed by atoms with E-state index in [2.05, 4.69) is 16.5 Å². The van der Waals surface area contributed by atoms with Crippen LogP contribution in [-0.2, 0) is 22.6 Å². The van der Waals surface area contributed by atoms with Crippen LogP contribution in [0.25, 0.3) is 11.0 Å². The summed E-state index contributed by atoms with van der Waals surface area (Å²) < 4.78 is 2.08. The molecule has 0 atom stereocenters. The molecule has 28 heavy (non-hydrogen) atoms. The molecular formula is C22H30N4O2. The highest BCUT2D eigenvalue weighted by molar-refractivity contribution is 5.92. The molecule has 1 fully saturated rings. The molecule has 1 N–H and O–H groups in total. The minimum Gasteiger partial charge on any atom is -0.352 e. The fourth-order valence-electron chi connectivity index (χ4n) is 3.63. The highest BCUT2D eigenvalue weighted by Crippen LogP contribution is 2.19. The van der Waals surface area contributed by atoms with Gasteiger partial charge >= 0.3 is 0 Å². The van der Waals surface area contributed by atoms with Crippen molar-refractivity contribution in [2.45, 2.75) is 52.0 Å². The number of rotatable bonds is 9. The lowest BCUT2D eigenvalue weighted by Crippen LogP contribution is -2.31. The van der Waals surface area contributed by atoms with E-state index in [0.29, 0.717) is 18.7 Å². The number of hydrogen-bond donors (Lipinski definition) is 1. The van der Waals surface area contributed by atoms with E-state index in [9.17, 15) is 9.59 Å². The molecule has 1 aromatic heterocycles. The number of imidazole rings is 1. The Labute approximate surface area is 166 Å². The Balaban J connectivity index is 1.58. The van der Waals surface area contributed by atoms with Crippen molar-refractivity contribution in [3.05, 3.63) is 42.2 Å². The number of benzene rings is 1. The van der Waals surface area contributed by atoms with Gasteiger partial charge in [-0.25, -0.2) is 4.98 Å². The smallest absolute Gasteiger partial charge is 0.246 e. The van der Waals surface area contributed by atoms with E-state index in [1.54, 1.807) is 6.92 Å². The van der Waals surface area contributed by atoms with E-state index in [1.165, 1.54) is 0 Å². The number of amides is 2. The number of likely N-dealkylation sites (tertiary alicyclic amines) is 1. The average molecular weight is 383 g/mol. The summed E-state index contributed by atoms with van der Waals surface area (Å²) in [5, 5.41) is 2.86. The van der Waals surface area contributed by atoms with Crippen LogP contribution < -0.4 is 5.32 Å². The molecule has 0 aliphatic carbocycles. The summed E-state index contributed by atoms with van der Waals surface area (Å²) in [5.74, 6) is 1.08. The van der Waals surface area contributed by atoms with E-state index in [4.69, 9.17) is 4.98 Å². The summed E-state index contributed by atoms with van der Waals surface area (Å²) in [4.78, 5) is 30.9. The fraction of sp³-hybridized carbons (Fsp3) is 0.500. The van der Waals surface area contributed by atoms with E-state index >= 15 is 0 Å². The van der Waals surface area contributed by atoms with Crippen molar-refractivity contribution >= 4 is 22.8 Å². The molecule has 0 saturated carbocycles. The quantitative estimate of drug-likeness (QED) is 0.535. The molecule has 0 spiro atoms. The van der Waals surface area contributed by atoms with Gasteiger partial charge in [0.15, 0.2) is 0 Å².